The summed E-state index contributed by atoms with van der Waals surface area (Å²) < 4.78 is 6.46. The molecule has 4 rings (SSSR count). The second-order valence-electron chi connectivity index (χ2n) is 5.82. The van der Waals surface area contributed by atoms with Crippen molar-refractivity contribution in [2.24, 2.45) is 4.99 Å². The first-order chi connectivity index (χ1) is 13.7. The lowest BCUT2D eigenvalue weighted by Gasteiger charge is -1.95. The van der Waals surface area contributed by atoms with E-state index in [9.17, 15) is 5.11 Å². The number of phenols is 1. The molecule has 0 amide bonds. The molecule has 0 aliphatic heterocycles. The Morgan fingerprint density at radius 3 is 2.71 bits per heavy atom. The topological polar surface area (TPSA) is 97.3 Å². The first-order valence-electron chi connectivity index (χ1n) is 8.35. The number of aromatic hydroxyl groups is 1. The summed E-state index contributed by atoms with van der Waals surface area (Å²) in [4.78, 5) is 4.26. The fourth-order valence-electron chi connectivity index (χ4n) is 2.28. The minimum atomic E-state index is 0.172. The Kier molecular flexibility index (Phi) is 5.45. The predicted molar refractivity (Wildman–Crippen MR) is 109 cm³/mol. The molecule has 0 bridgehead atoms. The minimum absolute atomic E-state index is 0.172. The van der Waals surface area contributed by atoms with Gasteiger partial charge in [-0.3, -0.25) is 0 Å². The molecule has 140 valence electrons. The van der Waals surface area contributed by atoms with Crippen LogP contribution in [0.25, 0.3) is 11.5 Å². The van der Waals surface area contributed by atoms with Crippen LogP contribution in [0.5, 0.6) is 5.75 Å². The molecule has 0 spiro atoms. The monoisotopic (exact) mass is 409 g/mol. The molecule has 0 saturated heterocycles. The van der Waals surface area contributed by atoms with Gasteiger partial charge in [-0.1, -0.05) is 52.9 Å². The molecule has 0 saturated carbocycles. The van der Waals surface area contributed by atoms with E-state index in [1.807, 2.05) is 37.3 Å². The minimum Gasteiger partial charge on any atom is -0.507 e. The maximum atomic E-state index is 9.75. The average Bonchev–Trinajstić information content (AvgIpc) is 3.36. The summed E-state index contributed by atoms with van der Waals surface area (Å²) in [5.74, 6) is 1.69. The maximum Gasteiger partial charge on any atom is 0.247 e. The second-order valence-corrected chi connectivity index (χ2v) is 8.00. The number of hydrogen-bond acceptors (Lipinski definition) is 9. The summed E-state index contributed by atoms with van der Waals surface area (Å²) in [5, 5.41) is 26.6. The van der Waals surface area contributed by atoms with Crippen LogP contribution in [-0.4, -0.2) is 31.7 Å². The molecule has 0 radical (unpaired) electrons. The van der Waals surface area contributed by atoms with Gasteiger partial charge < -0.3 is 9.52 Å². The first-order valence-corrected chi connectivity index (χ1v) is 10.2. The molecule has 2 aromatic carbocycles. The summed E-state index contributed by atoms with van der Waals surface area (Å²) in [7, 11) is 0. The summed E-state index contributed by atoms with van der Waals surface area (Å²) in [6.45, 7) is 2.03. The molecule has 0 aliphatic rings. The van der Waals surface area contributed by atoms with E-state index in [2.05, 4.69) is 25.4 Å². The van der Waals surface area contributed by atoms with Crippen molar-refractivity contribution < 1.29 is 9.52 Å². The Hall–Kier alpha value is -3.04. The van der Waals surface area contributed by atoms with Crippen molar-refractivity contribution in [1.29, 1.82) is 0 Å². The lowest BCUT2D eigenvalue weighted by Crippen LogP contribution is -1.80. The van der Waals surface area contributed by atoms with Gasteiger partial charge in [0.1, 0.15) is 5.75 Å². The van der Waals surface area contributed by atoms with Crippen molar-refractivity contribution in [1.82, 2.24) is 20.4 Å². The molecule has 2 aromatic heterocycles. The second kappa shape index (κ2) is 8.32. The molecule has 28 heavy (non-hydrogen) atoms. The van der Waals surface area contributed by atoms with E-state index in [1.54, 1.807) is 24.4 Å². The zero-order valence-corrected chi connectivity index (χ0v) is 16.4. The van der Waals surface area contributed by atoms with Crippen LogP contribution in [0.1, 0.15) is 17.0 Å². The summed E-state index contributed by atoms with van der Waals surface area (Å²) in [6.07, 6.45) is 1.57. The van der Waals surface area contributed by atoms with Crippen LogP contribution in [0.2, 0.25) is 0 Å². The molecule has 0 atom stereocenters. The largest absolute Gasteiger partial charge is 0.507 e. The fourth-order valence-corrected chi connectivity index (χ4v) is 3.81. The summed E-state index contributed by atoms with van der Waals surface area (Å²) in [5.41, 5.74) is 2.70. The third kappa shape index (κ3) is 4.44. The Balaban J connectivity index is 1.37. The molecule has 9 heteroatoms. The standard InChI is InChI=1S/C19H15N5O2S2/c1-12-6-8-13(9-7-12)17-22-21-16(26-17)11-27-19-24-23-18(28-19)20-10-14-4-2-3-5-15(14)25/h2-10,25H,11H2,1H3. The lowest BCUT2D eigenvalue weighted by atomic mass is 10.1. The van der Waals surface area contributed by atoms with Crippen LogP contribution in [0.15, 0.2) is 62.3 Å². The number of nitrogens with zero attached hydrogens (tertiary/aromatic N) is 5. The van der Waals surface area contributed by atoms with Crippen LogP contribution in [0.4, 0.5) is 5.13 Å². The van der Waals surface area contributed by atoms with Gasteiger partial charge in [-0.2, -0.15) is 0 Å². The molecule has 0 unspecified atom stereocenters. The number of aryl methyl sites for hydroxylation is 1. The zero-order valence-electron chi connectivity index (χ0n) is 14.8. The molecule has 0 aliphatic carbocycles. The van der Waals surface area contributed by atoms with Crippen molar-refractivity contribution in [3.8, 4) is 17.2 Å². The first kappa shape index (κ1) is 18.3. The van der Waals surface area contributed by atoms with E-state index in [1.165, 1.54) is 28.7 Å². The molecule has 7 nitrogen and oxygen atoms in total. The quantitative estimate of drug-likeness (QED) is 0.366. The van der Waals surface area contributed by atoms with Gasteiger partial charge in [-0.15, -0.1) is 20.4 Å². The third-order valence-electron chi connectivity index (χ3n) is 3.73. The van der Waals surface area contributed by atoms with Crippen LogP contribution in [0.3, 0.4) is 0 Å². The highest BCUT2D eigenvalue weighted by Gasteiger charge is 2.11. The van der Waals surface area contributed by atoms with E-state index in [0.29, 0.717) is 28.2 Å². The van der Waals surface area contributed by atoms with Gasteiger partial charge in [0.05, 0.1) is 5.75 Å². The van der Waals surface area contributed by atoms with Gasteiger partial charge in [0.2, 0.25) is 16.9 Å². The molecule has 0 fully saturated rings. The van der Waals surface area contributed by atoms with Crippen LogP contribution < -0.4 is 0 Å². The number of aromatic nitrogens is 4. The molecule has 2 heterocycles. The Bertz CT molecular complexity index is 1110. The van der Waals surface area contributed by atoms with Gasteiger partial charge in [-0.25, -0.2) is 4.99 Å². The van der Waals surface area contributed by atoms with Crippen molar-refractivity contribution in [3.63, 3.8) is 0 Å². The zero-order chi connectivity index (χ0) is 19.3. The SMILES string of the molecule is Cc1ccc(-c2nnc(CSc3nnc(N=Cc4ccccc4O)s3)o2)cc1. The van der Waals surface area contributed by atoms with E-state index in [0.717, 1.165) is 9.90 Å². The van der Waals surface area contributed by atoms with E-state index < -0.39 is 0 Å². The summed E-state index contributed by atoms with van der Waals surface area (Å²) >= 11 is 2.81. The molecular formula is C19H15N5O2S2. The highest BCUT2D eigenvalue weighted by Crippen LogP contribution is 2.30. The number of thioether (sulfide) groups is 1. The normalized spacial score (nSPS) is 11.3. The number of rotatable bonds is 6. The Labute approximate surface area is 169 Å². The van der Waals surface area contributed by atoms with Crippen molar-refractivity contribution in [2.45, 2.75) is 17.0 Å². The smallest absolute Gasteiger partial charge is 0.247 e. The number of benzene rings is 2. The maximum absolute atomic E-state index is 9.75. The third-order valence-corrected chi connectivity index (χ3v) is 5.68. The van der Waals surface area contributed by atoms with E-state index in [4.69, 9.17) is 4.42 Å². The van der Waals surface area contributed by atoms with E-state index >= 15 is 0 Å². The predicted octanol–water partition coefficient (Wildman–Crippen LogP) is 4.65. The van der Waals surface area contributed by atoms with E-state index in [-0.39, 0.29) is 5.75 Å². The van der Waals surface area contributed by atoms with Crippen LogP contribution >= 0.6 is 23.1 Å². The highest BCUT2D eigenvalue weighted by atomic mass is 32.2. The average molecular weight is 409 g/mol. The van der Waals surface area contributed by atoms with Gasteiger partial charge in [-0.05, 0) is 31.2 Å². The number of hydrogen-bond donors (Lipinski definition) is 1. The van der Waals surface area contributed by atoms with Gasteiger partial charge >= 0.3 is 0 Å². The van der Waals surface area contributed by atoms with Crippen LogP contribution in [-0.2, 0) is 5.75 Å². The fraction of sp³-hybridized carbons (Fsp3) is 0.105. The summed E-state index contributed by atoms with van der Waals surface area (Å²) in [6, 6.07) is 14.9. The van der Waals surface area contributed by atoms with Gasteiger partial charge in [0, 0.05) is 17.3 Å². The van der Waals surface area contributed by atoms with Gasteiger partial charge in [0.15, 0.2) is 4.34 Å². The molecular weight excluding hydrogens is 394 g/mol. The number of aliphatic imine (C=N–C) groups is 1. The highest BCUT2D eigenvalue weighted by molar-refractivity contribution is 8.00. The Morgan fingerprint density at radius 2 is 1.89 bits per heavy atom. The van der Waals surface area contributed by atoms with Crippen LogP contribution in [0, 0.1) is 6.92 Å². The lowest BCUT2D eigenvalue weighted by molar-refractivity contribution is 0.474. The Morgan fingerprint density at radius 1 is 1.07 bits per heavy atom. The molecule has 1 N–H and O–H groups in total. The van der Waals surface area contributed by atoms with Crippen molar-refractivity contribution >= 4 is 34.4 Å². The van der Waals surface area contributed by atoms with Crippen molar-refractivity contribution in [3.05, 3.63) is 65.5 Å². The molecule has 4 aromatic rings. The van der Waals surface area contributed by atoms with Gasteiger partial charge in [0.25, 0.3) is 0 Å². The number of phenolic OH excluding ortho intramolecular Hbond substituents is 1. The van der Waals surface area contributed by atoms with Crippen molar-refractivity contribution in [2.75, 3.05) is 0 Å². The number of para-hydroxylation sites is 1.